The molecule has 0 fully saturated rings. The monoisotopic (exact) mass is 406 g/mol. The van der Waals surface area contributed by atoms with E-state index in [-0.39, 0.29) is 12.5 Å². The third-order valence-electron chi connectivity index (χ3n) is 4.11. The van der Waals surface area contributed by atoms with E-state index in [9.17, 15) is 4.79 Å². The van der Waals surface area contributed by atoms with Gasteiger partial charge >= 0.3 is 0 Å². The van der Waals surface area contributed by atoms with Crippen molar-refractivity contribution in [2.45, 2.75) is 20.5 Å². The number of carbonyl (C=O) groups excluding carboxylic acids is 1. The SMILES string of the molecule is Cc1nc(COc2ccc(C(=O)Nc3nc(C)c(-c4ccccc4)s3)cc2)no1. The molecule has 0 saturated carbocycles. The van der Waals surface area contributed by atoms with Crippen molar-refractivity contribution in [2.75, 3.05) is 5.32 Å². The average Bonchev–Trinajstić information content (AvgIpc) is 3.32. The van der Waals surface area contributed by atoms with Crippen LogP contribution in [0.3, 0.4) is 0 Å². The van der Waals surface area contributed by atoms with Crippen molar-refractivity contribution >= 4 is 22.4 Å². The van der Waals surface area contributed by atoms with E-state index in [4.69, 9.17) is 9.26 Å². The van der Waals surface area contributed by atoms with Gasteiger partial charge in [-0.05, 0) is 36.8 Å². The first-order valence-corrected chi connectivity index (χ1v) is 9.76. The highest BCUT2D eigenvalue weighted by Gasteiger charge is 2.13. The fourth-order valence-corrected chi connectivity index (χ4v) is 3.69. The predicted octanol–water partition coefficient (Wildman–Crippen LogP) is 4.64. The minimum Gasteiger partial charge on any atom is -0.485 e. The van der Waals surface area contributed by atoms with Crippen LogP contribution in [0.5, 0.6) is 5.75 Å². The molecule has 4 rings (SSSR count). The molecule has 2 aromatic carbocycles. The maximum atomic E-state index is 12.5. The molecule has 0 aliphatic heterocycles. The summed E-state index contributed by atoms with van der Waals surface area (Å²) in [6, 6.07) is 16.8. The zero-order valence-electron chi connectivity index (χ0n) is 15.9. The van der Waals surface area contributed by atoms with Gasteiger partial charge in [-0.3, -0.25) is 10.1 Å². The molecule has 7 nitrogen and oxygen atoms in total. The van der Waals surface area contributed by atoms with Crippen LogP contribution in [0.4, 0.5) is 5.13 Å². The lowest BCUT2D eigenvalue weighted by Crippen LogP contribution is -2.11. The first-order chi connectivity index (χ1) is 14.1. The summed E-state index contributed by atoms with van der Waals surface area (Å²) in [7, 11) is 0. The molecule has 0 radical (unpaired) electrons. The summed E-state index contributed by atoms with van der Waals surface area (Å²) in [5.74, 6) is 1.35. The summed E-state index contributed by atoms with van der Waals surface area (Å²) < 4.78 is 10.5. The van der Waals surface area contributed by atoms with Crippen molar-refractivity contribution < 1.29 is 14.1 Å². The Hall–Kier alpha value is -3.52. The smallest absolute Gasteiger partial charge is 0.257 e. The second-order valence-corrected chi connectivity index (χ2v) is 7.30. The van der Waals surface area contributed by atoms with Crippen molar-refractivity contribution in [1.29, 1.82) is 0 Å². The standard InChI is InChI=1S/C21H18N4O3S/c1-13-19(15-6-4-3-5-7-15)29-21(22-13)24-20(26)16-8-10-17(11-9-16)27-12-18-23-14(2)28-25-18/h3-11H,12H2,1-2H3,(H,22,24,26). The second kappa shape index (κ2) is 8.24. The van der Waals surface area contributed by atoms with Gasteiger partial charge in [-0.25, -0.2) is 4.98 Å². The van der Waals surface area contributed by atoms with Gasteiger partial charge in [0.1, 0.15) is 5.75 Å². The number of nitrogens with one attached hydrogen (secondary N) is 1. The fraction of sp³-hybridized carbons (Fsp3) is 0.143. The molecular weight excluding hydrogens is 388 g/mol. The van der Waals surface area contributed by atoms with E-state index in [1.165, 1.54) is 11.3 Å². The van der Waals surface area contributed by atoms with Crippen molar-refractivity contribution in [3.63, 3.8) is 0 Å². The van der Waals surface area contributed by atoms with E-state index in [2.05, 4.69) is 20.4 Å². The first-order valence-electron chi connectivity index (χ1n) is 8.95. The van der Waals surface area contributed by atoms with Gasteiger partial charge in [0, 0.05) is 12.5 Å². The molecule has 0 saturated heterocycles. The Bertz CT molecular complexity index is 1120. The van der Waals surface area contributed by atoms with Crippen LogP contribution in [-0.2, 0) is 6.61 Å². The Morgan fingerprint density at radius 1 is 1.07 bits per heavy atom. The van der Waals surface area contributed by atoms with Crippen molar-refractivity contribution in [1.82, 2.24) is 15.1 Å². The van der Waals surface area contributed by atoms with Gasteiger partial charge in [0.15, 0.2) is 11.7 Å². The van der Waals surface area contributed by atoms with E-state index in [0.29, 0.717) is 28.2 Å². The number of aryl methyl sites for hydroxylation is 2. The number of amides is 1. The van der Waals surface area contributed by atoms with Gasteiger partial charge in [0.25, 0.3) is 5.91 Å². The quantitative estimate of drug-likeness (QED) is 0.502. The number of rotatable bonds is 6. The highest BCUT2D eigenvalue weighted by Crippen LogP contribution is 2.32. The molecule has 2 heterocycles. The molecule has 0 atom stereocenters. The molecule has 0 spiro atoms. The summed E-state index contributed by atoms with van der Waals surface area (Å²) in [5, 5.41) is 7.21. The first kappa shape index (κ1) is 18.8. The van der Waals surface area contributed by atoms with Crippen molar-refractivity contribution in [3.8, 4) is 16.2 Å². The molecule has 1 amide bonds. The van der Waals surface area contributed by atoms with Gasteiger partial charge in [0.2, 0.25) is 11.7 Å². The Balaban J connectivity index is 1.40. The minimum absolute atomic E-state index is 0.198. The largest absolute Gasteiger partial charge is 0.485 e. The van der Waals surface area contributed by atoms with Crippen LogP contribution in [0.1, 0.15) is 27.8 Å². The zero-order valence-corrected chi connectivity index (χ0v) is 16.7. The van der Waals surface area contributed by atoms with Gasteiger partial charge in [-0.2, -0.15) is 4.98 Å². The molecule has 146 valence electrons. The lowest BCUT2D eigenvalue weighted by Gasteiger charge is -2.05. The van der Waals surface area contributed by atoms with E-state index < -0.39 is 0 Å². The molecule has 0 bridgehead atoms. The molecule has 2 aromatic heterocycles. The summed E-state index contributed by atoms with van der Waals surface area (Å²) >= 11 is 1.46. The minimum atomic E-state index is -0.223. The molecule has 0 unspecified atom stereocenters. The lowest BCUT2D eigenvalue weighted by atomic mass is 10.2. The Morgan fingerprint density at radius 2 is 1.83 bits per heavy atom. The molecule has 4 aromatic rings. The summed E-state index contributed by atoms with van der Waals surface area (Å²) in [4.78, 5) is 22.1. The number of ether oxygens (including phenoxy) is 1. The van der Waals surface area contributed by atoms with E-state index in [1.54, 1.807) is 31.2 Å². The topological polar surface area (TPSA) is 90.1 Å². The number of hydrogen-bond acceptors (Lipinski definition) is 7. The number of thiazole rings is 1. The lowest BCUT2D eigenvalue weighted by molar-refractivity contribution is 0.102. The van der Waals surface area contributed by atoms with Gasteiger partial charge < -0.3 is 9.26 Å². The third kappa shape index (κ3) is 4.49. The number of carbonyl (C=O) groups is 1. The summed E-state index contributed by atoms with van der Waals surface area (Å²) in [5.41, 5.74) is 2.49. The number of hydrogen-bond donors (Lipinski definition) is 1. The maximum Gasteiger partial charge on any atom is 0.257 e. The van der Waals surface area contributed by atoms with Crippen molar-refractivity contribution in [2.24, 2.45) is 0 Å². The van der Waals surface area contributed by atoms with E-state index in [1.807, 2.05) is 37.3 Å². The van der Waals surface area contributed by atoms with Crippen LogP contribution in [-0.4, -0.2) is 21.0 Å². The molecule has 0 aliphatic carbocycles. The van der Waals surface area contributed by atoms with Gasteiger partial charge in [0.05, 0.1) is 10.6 Å². The Kier molecular flexibility index (Phi) is 5.35. The number of nitrogens with zero attached hydrogens (tertiary/aromatic N) is 3. The highest BCUT2D eigenvalue weighted by molar-refractivity contribution is 7.19. The molecule has 1 N–H and O–H groups in total. The number of benzene rings is 2. The van der Waals surface area contributed by atoms with Crippen LogP contribution >= 0.6 is 11.3 Å². The molecular formula is C21H18N4O3S. The summed E-state index contributed by atoms with van der Waals surface area (Å²) in [6.07, 6.45) is 0. The summed E-state index contributed by atoms with van der Waals surface area (Å²) in [6.45, 7) is 3.85. The van der Waals surface area contributed by atoms with Crippen LogP contribution in [0.25, 0.3) is 10.4 Å². The average molecular weight is 406 g/mol. The van der Waals surface area contributed by atoms with Crippen LogP contribution in [0.15, 0.2) is 59.1 Å². The van der Waals surface area contributed by atoms with Crippen LogP contribution in [0.2, 0.25) is 0 Å². The molecule has 29 heavy (non-hydrogen) atoms. The second-order valence-electron chi connectivity index (χ2n) is 6.30. The van der Waals surface area contributed by atoms with Crippen molar-refractivity contribution in [3.05, 3.63) is 77.6 Å². The fourth-order valence-electron chi connectivity index (χ4n) is 2.73. The van der Waals surface area contributed by atoms with Crippen LogP contribution in [0, 0.1) is 13.8 Å². The van der Waals surface area contributed by atoms with Gasteiger partial charge in [-0.1, -0.05) is 46.8 Å². The number of anilines is 1. The normalized spacial score (nSPS) is 10.7. The highest BCUT2D eigenvalue weighted by atomic mass is 32.1. The van der Waals surface area contributed by atoms with E-state index in [0.717, 1.165) is 16.1 Å². The molecule has 0 aliphatic rings. The van der Waals surface area contributed by atoms with Gasteiger partial charge in [-0.15, -0.1) is 0 Å². The predicted molar refractivity (Wildman–Crippen MR) is 110 cm³/mol. The van der Waals surface area contributed by atoms with Crippen LogP contribution < -0.4 is 10.1 Å². The zero-order chi connectivity index (χ0) is 20.2. The maximum absolute atomic E-state index is 12.5. The number of aromatic nitrogens is 3. The van der Waals surface area contributed by atoms with E-state index >= 15 is 0 Å². The Morgan fingerprint density at radius 3 is 2.52 bits per heavy atom. The third-order valence-corrected chi connectivity index (χ3v) is 5.23. The Labute approximate surface area is 171 Å². The molecule has 8 heteroatoms.